The molecule has 7 heteroatoms. The lowest BCUT2D eigenvalue weighted by Gasteiger charge is -2.27. The average Bonchev–Trinajstić information content (AvgIpc) is 2.87. The van der Waals surface area contributed by atoms with Crippen molar-refractivity contribution in [2.45, 2.75) is 6.61 Å². The molecule has 0 aromatic heterocycles. The van der Waals surface area contributed by atoms with E-state index < -0.39 is 0 Å². The largest absolute Gasteiger partial charge is 0.489 e. The van der Waals surface area contributed by atoms with Gasteiger partial charge in [0.05, 0.1) is 19.8 Å². The highest BCUT2D eigenvalue weighted by Crippen LogP contribution is 2.19. The van der Waals surface area contributed by atoms with Crippen LogP contribution in [0, 0.1) is 0 Å². The van der Waals surface area contributed by atoms with Crippen molar-refractivity contribution in [1.29, 1.82) is 0 Å². The second kappa shape index (κ2) is 11.2. The topological polar surface area (TPSA) is 79.9 Å². The molecule has 1 aliphatic rings. The van der Waals surface area contributed by atoms with E-state index in [1.807, 2.05) is 60.7 Å². The van der Waals surface area contributed by atoms with Crippen molar-refractivity contribution in [3.63, 3.8) is 0 Å². The summed E-state index contributed by atoms with van der Waals surface area (Å²) in [6.45, 7) is 2.83. The Balaban J connectivity index is 1.28. The minimum absolute atomic E-state index is 0.0290. The fourth-order valence-electron chi connectivity index (χ4n) is 3.50. The van der Waals surface area contributed by atoms with E-state index in [2.05, 4.69) is 10.6 Å². The average molecular weight is 446 g/mol. The summed E-state index contributed by atoms with van der Waals surface area (Å²) in [6.07, 6.45) is 0. The number of hydrogen-bond acceptors (Lipinski definition) is 5. The number of morpholine rings is 1. The van der Waals surface area contributed by atoms with Crippen LogP contribution >= 0.6 is 0 Å². The molecule has 2 N–H and O–H groups in total. The molecule has 1 fully saturated rings. The van der Waals surface area contributed by atoms with E-state index in [9.17, 15) is 9.59 Å². The van der Waals surface area contributed by atoms with Crippen LogP contribution in [0.5, 0.6) is 5.75 Å². The van der Waals surface area contributed by atoms with Gasteiger partial charge in [0.2, 0.25) is 5.91 Å². The van der Waals surface area contributed by atoms with Crippen LogP contribution in [-0.2, 0) is 16.1 Å². The third kappa shape index (κ3) is 6.57. The van der Waals surface area contributed by atoms with E-state index >= 15 is 0 Å². The highest BCUT2D eigenvalue weighted by molar-refractivity contribution is 5.96. The Morgan fingerprint density at radius 3 is 2.45 bits per heavy atom. The van der Waals surface area contributed by atoms with Crippen molar-refractivity contribution < 1.29 is 19.1 Å². The molecule has 1 saturated heterocycles. The summed E-state index contributed by atoms with van der Waals surface area (Å²) in [5.74, 6) is 0.456. The number of ether oxygens (including phenoxy) is 2. The molecule has 1 heterocycles. The van der Waals surface area contributed by atoms with Gasteiger partial charge in [-0.2, -0.15) is 0 Å². The Hall–Kier alpha value is -3.84. The number of anilines is 2. The zero-order valence-electron chi connectivity index (χ0n) is 18.3. The molecule has 2 amide bonds. The fourth-order valence-corrected chi connectivity index (χ4v) is 3.50. The van der Waals surface area contributed by atoms with Gasteiger partial charge >= 0.3 is 0 Å². The smallest absolute Gasteiger partial charge is 0.254 e. The molecule has 4 rings (SSSR count). The van der Waals surface area contributed by atoms with Gasteiger partial charge in [-0.25, -0.2) is 0 Å². The van der Waals surface area contributed by atoms with Gasteiger partial charge in [-0.1, -0.05) is 42.5 Å². The second-order valence-corrected chi connectivity index (χ2v) is 7.69. The van der Waals surface area contributed by atoms with Crippen molar-refractivity contribution in [3.8, 4) is 5.75 Å². The van der Waals surface area contributed by atoms with Crippen LogP contribution in [0.25, 0.3) is 0 Å². The predicted octanol–water partition coefficient (Wildman–Crippen LogP) is 3.79. The lowest BCUT2D eigenvalue weighted by Crippen LogP contribution is -2.40. The maximum absolute atomic E-state index is 12.7. The van der Waals surface area contributed by atoms with Gasteiger partial charge in [0.25, 0.3) is 5.91 Å². The summed E-state index contributed by atoms with van der Waals surface area (Å²) in [4.78, 5) is 26.9. The quantitative estimate of drug-likeness (QED) is 0.552. The summed E-state index contributed by atoms with van der Waals surface area (Å²) in [5.41, 5.74) is 3.03. The van der Waals surface area contributed by atoms with E-state index in [0.717, 1.165) is 5.56 Å². The summed E-state index contributed by atoms with van der Waals surface area (Å²) >= 11 is 0. The monoisotopic (exact) mass is 445 g/mol. The molecule has 0 saturated carbocycles. The molecule has 3 aromatic rings. The lowest BCUT2D eigenvalue weighted by molar-refractivity contribution is -0.114. The maximum atomic E-state index is 12.7. The Morgan fingerprint density at radius 1 is 0.879 bits per heavy atom. The molecule has 0 bridgehead atoms. The number of rotatable bonds is 8. The first-order chi connectivity index (χ1) is 16.2. The zero-order valence-corrected chi connectivity index (χ0v) is 18.3. The third-order valence-corrected chi connectivity index (χ3v) is 5.23. The standard InChI is InChI=1S/C26H27N3O4/c30-25(28-23-10-5-11-24(17-23)33-19-20-6-2-1-3-7-20)18-27-22-9-4-8-21(16-22)26(31)29-12-14-32-15-13-29/h1-11,16-17,27H,12-15,18-19H2,(H,28,30). The van der Waals surface area contributed by atoms with Gasteiger partial charge in [-0.15, -0.1) is 0 Å². The predicted molar refractivity (Wildman–Crippen MR) is 127 cm³/mol. The Morgan fingerprint density at radius 2 is 1.64 bits per heavy atom. The molecule has 7 nitrogen and oxygen atoms in total. The molecule has 0 radical (unpaired) electrons. The van der Waals surface area contributed by atoms with E-state index in [-0.39, 0.29) is 18.4 Å². The Bertz CT molecular complexity index is 1080. The van der Waals surface area contributed by atoms with Crippen LogP contribution in [0.3, 0.4) is 0 Å². The van der Waals surface area contributed by atoms with Gasteiger partial charge in [0.1, 0.15) is 12.4 Å². The number of benzene rings is 3. The molecule has 0 atom stereocenters. The Labute approximate surface area is 193 Å². The first kappa shape index (κ1) is 22.4. The van der Waals surface area contributed by atoms with Gasteiger partial charge < -0.3 is 25.0 Å². The van der Waals surface area contributed by atoms with Crippen molar-refractivity contribution in [3.05, 3.63) is 90.0 Å². The summed E-state index contributed by atoms with van der Waals surface area (Å²) in [5, 5.41) is 5.95. The maximum Gasteiger partial charge on any atom is 0.254 e. The number of nitrogens with zero attached hydrogens (tertiary/aromatic N) is 1. The van der Waals surface area contributed by atoms with Crippen LogP contribution in [-0.4, -0.2) is 49.6 Å². The van der Waals surface area contributed by atoms with Crippen molar-refractivity contribution in [1.82, 2.24) is 4.90 Å². The van der Waals surface area contributed by atoms with Crippen LogP contribution in [0.2, 0.25) is 0 Å². The summed E-state index contributed by atoms with van der Waals surface area (Å²) < 4.78 is 11.1. The number of carbonyl (C=O) groups excluding carboxylic acids is 2. The molecule has 170 valence electrons. The van der Waals surface area contributed by atoms with Gasteiger partial charge in [0.15, 0.2) is 0 Å². The molecular weight excluding hydrogens is 418 g/mol. The molecule has 0 aliphatic carbocycles. The lowest BCUT2D eigenvalue weighted by atomic mass is 10.1. The SMILES string of the molecule is O=C(CNc1cccc(C(=O)N2CCOCC2)c1)Nc1cccc(OCc2ccccc2)c1. The molecule has 1 aliphatic heterocycles. The van der Waals surface area contributed by atoms with E-state index in [4.69, 9.17) is 9.47 Å². The van der Waals surface area contributed by atoms with Crippen molar-refractivity contribution in [2.24, 2.45) is 0 Å². The number of nitrogens with one attached hydrogen (secondary N) is 2. The molecule has 33 heavy (non-hydrogen) atoms. The van der Waals surface area contributed by atoms with Crippen molar-refractivity contribution in [2.75, 3.05) is 43.5 Å². The molecular formula is C26H27N3O4. The Kier molecular flexibility index (Phi) is 7.56. The van der Waals surface area contributed by atoms with Gasteiger partial charge in [-0.3, -0.25) is 9.59 Å². The van der Waals surface area contributed by atoms with Crippen LogP contribution in [0.15, 0.2) is 78.9 Å². The highest BCUT2D eigenvalue weighted by Gasteiger charge is 2.18. The number of amides is 2. The minimum Gasteiger partial charge on any atom is -0.489 e. The number of hydrogen-bond donors (Lipinski definition) is 2. The van der Waals surface area contributed by atoms with Crippen LogP contribution in [0.1, 0.15) is 15.9 Å². The molecule has 3 aromatic carbocycles. The van der Waals surface area contributed by atoms with E-state index in [1.165, 1.54) is 0 Å². The van der Waals surface area contributed by atoms with Crippen molar-refractivity contribution >= 4 is 23.2 Å². The molecule has 0 unspecified atom stereocenters. The summed E-state index contributed by atoms with van der Waals surface area (Å²) in [7, 11) is 0. The zero-order chi connectivity index (χ0) is 22.9. The highest BCUT2D eigenvalue weighted by atomic mass is 16.5. The molecule has 0 spiro atoms. The van der Waals surface area contributed by atoms with Crippen LogP contribution in [0.4, 0.5) is 11.4 Å². The van der Waals surface area contributed by atoms with E-state index in [1.54, 1.807) is 23.1 Å². The van der Waals surface area contributed by atoms with E-state index in [0.29, 0.717) is 55.6 Å². The van der Waals surface area contributed by atoms with Gasteiger partial charge in [-0.05, 0) is 35.9 Å². The second-order valence-electron chi connectivity index (χ2n) is 7.69. The normalized spacial score (nSPS) is 13.3. The summed E-state index contributed by atoms with van der Waals surface area (Å²) in [6, 6.07) is 24.4. The van der Waals surface area contributed by atoms with Gasteiger partial charge in [0, 0.05) is 36.1 Å². The first-order valence-electron chi connectivity index (χ1n) is 10.9. The third-order valence-electron chi connectivity index (χ3n) is 5.23. The number of carbonyl (C=O) groups is 2. The minimum atomic E-state index is -0.194. The van der Waals surface area contributed by atoms with Crippen LogP contribution < -0.4 is 15.4 Å². The fraction of sp³-hybridized carbons (Fsp3) is 0.231. The first-order valence-corrected chi connectivity index (χ1v) is 10.9.